The number of carbonyl (C=O) groups is 1. The summed E-state index contributed by atoms with van der Waals surface area (Å²) < 4.78 is 0. The van der Waals surface area contributed by atoms with Crippen molar-refractivity contribution in [2.24, 2.45) is 0 Å². The Morgan fingerprint density at radius 1 is 1.05 bits per heavy atom. The molecular weight excluding hydrogens is 272 g/mol. The maximum atomic E-state index is 11.9. The van der Waals surface area contributed by atoms with E-state index in [0.29, 0.717) is 10.9 Å². The molecule has 0 heterocycles. The zero-order chi connectivity index (χ0) is 13.9. The van der Waals surface area contributed by atoms with E-state index < -0.39 is 0 Å². The van der Waals surface area contributed by atoms with E-state index in [1.54, 1.807) is 24.3 Å². The lowest BCUT2D eigenvalue weighted by atomic mass is 10.1. The quantitative estimate of drug-likeness (QED) is 0.879. The highest BCUT2D eigenvalue weighted by molar-refractivity contribution is 6.30. The van der Waals surface area contributed by atoms with Crippen molar-refractivity contribution in [3.63, 3.8) is 0 Å². The highest BCUT2D eigenvalue weighted by atomic mass is 35.5. The number of nitrogens with one attached hydrogen (secondary N) is 2. The van der Waals surface area contributed by atoms with Crippen LogP contribution >= 0.6 is 11.6 Å². The number of anilines is 1. The molecule has 3 nitrogen and oxygen atoms in total. The highest BCUT2D eigenvalue weighted by Crippen LogP contribution is 2.40. The van der Waals surface area contributed by atoms with Gasteiger partial charge < -0.3 is 10.6 Å². The van der Waals surface area contributed by atoms with Gasteiger partial charge in [0.1, 0.15) is 0 Å². The third-order valence-electron chi connectivity index (χ3n) is 3.44. The highest BCUT2D eigenvalue weighted by Gasteiger charge is 2.39. The standard InChI is InChI=1S/C16H15ClN2O/c17-12-6-8-13(9-7-12)18-16(20)19-15-10-14(15)11-4-2-1-3-5-11/h1-9,14-15H,10H2,(H2,18,19,20)/t14-,15-/m0/s1. The minimum absolute atomic E-state index is 0.171. The van der Waals surface area contributed by atoms with Crippen molar-refractivity contribution in [3.8, 4) is 0 Å². The molecule has 2 aromatic rings. The summed E-state index contributed by atoms with van der Waals surface area (Å²) in [7, 11) is 0. The van der Waals surface area contributed by atoms with Gasteiger partial charge in [0.15, 0.2) is 0 Å². The molecular formula is C16H15ClN2O. The topological polar surface area (TPSA) is 41.1 Å². The number of hydrogen-bond donors (Lipinski definition) is 2. The number of urea groups is 1. The molecule has 0 spiro atoms. The Labute approximate surface area is 123 Å². The summed E-state index contributed by atoms with van der Waals surface area (Å²) in [6.07, 6.45) is 0.998. The van der Waals surface area contributed by atoms with Gasteiger partial charge in [0.25, 0.3) is 0 Å². The fourth-order valence-corrected chi connectivity index (χ4v) is 2.42. The van der Waals surface area contributed by atoms with Crippen LogP contribution in [0, 0.1) is 0 Å². The summed E-state index contributed by atoms with van der Waals surface area (Å²) in [5, 5.41) is 6.44. The first-order valence-electron chi connectivity index (χ1n) is 6.60. The van der Waals surface area contributed by atoms with Gasteiger partial charge in [0.2, 0.25) is 0 Å². The van der Waals surface area contributed by atoms with Gasteiger partial charge in [-0.15, -0.1) is 0 Å². The van der Waals surface area contributed by atoms with Crippen molar-refractivity contribution in [2.75, 3.05) is 5.32 Å². The van der Waals surface area contributed by atoms with E-state index in [1.165, 1.54) is 5.56 Å². The van der Waals surface area contributed by atoms with Crippen LogP contribution in [0.2, 0.25) is 5.02 Å². The Morgan fingerprint density at radius 2 is 1.75 bits per heavy atom. The van der Waals surface area contributed by atoms with E-state index in [1.807, 2.05) is 18.2 Å². The number of rotatable bonds is 3. The summed E-state index contributed by atoms with van der Waals surface area (Å²) in [5.41, 5.74) is 2.02. The van der Waals surface area contributed by atoms with Gasteiger partial charge in [0, 0.05) is 22.7 Å². The lowest BCUT2D eigenvalue weighted by Crippen LogP contribution is -2.31. The maximum absolute atomic E-state index is 11.9. The normalized spacial score (nSPS) is 20.2. The van der Waals surface area contributed by atoms with E-state index in [2.05, 4.69) is 22.8 Å². The van der Waals surface area contributed by atoms with Gasteiger partial charge in [0.05, 0.1) is 0 Å². The monoisotopic (exact) mass is 286 g/mol. The van der Waals surface area contributed by atoms with Crippen molar-refractivity contribution in [1.29, 1.82) is 0 Å². The van der Waals surface area contributed by atoms with E-state index in [-0.39, 0.29) is 12.1 Å². The second-order valence-electron chi connectivity index (χ2n) is 4.96. The number of carbonyl (C=O) groups excluding carboxylic acids is 1. The number of halogens is 1. The second-order valence-corrected chi connectivity index (χ2v) is 5.40. The first kappa shape index (κ1) is 13.0. The van der Waals surface area contributed by atoms with Gasteiger partial charge in [-0.2, -0.15) is 0 Å². The SMILES string of the molecule is O=C(Nc1ccc(Cl)cc1)N[C@H]1C[C@H]1c1ccccc1. The molecule has 2 N–H and O–H groups in total. The molecule has 0 aromatic heterocycles. The van der Waals surface area contributed by atoms with Crippen LogP contribution in [-0.2, 0) is 0 Å². The Morgan fingerprint density at radius 3 is 2.45 bits per heavy atom. The Balaban J connectivity index is 1.52. The van der Waals surface area contributed by atoms with Crippen LogP contribution in [0.4, 0.5) is 10.5 Å². The minimum atomic E-state index is -0.171. The summed E-state index contributed by atoms with van der Waals surface area (Å²) in [6, 6.07) is 17.4. The van der Waals surface area contributed by atoms with Crippen LogP contribution in [0.25, 0.3) is 0 Å². The lowest BCUT2D eigenvalue weighted by Gasteiger charge is -2.07. The Kier molecular flexibility index (Phi) is 3.61. The van der Waals surface area contributed by atoms with Crippen molar-refractivity contribution in [3.05, 3.63) is 65.2 Å². The number of hydrogen-bond acceptors (Lipinski definition) is 1. The molecule has 0 bridgehead atoms. The average molecular weight is 287 g/mol. The first-order valence-corrected chi connectivity index (χ1v) is 6.98. The molecule has 1 aliphatic rings. The first-order chi connectivity index (χ1) is 9.72. The summed E-state index contributed by atoms with van der Waals surface area (Å²) in [5.74, 6) is 0.437. The molecule has 0 radical (unpaired) electrons. The fourth-order valence-electron chi connectivity index (χ4n) is 2.29. The molecule has 2 aromatic carbocycles. The molecule has 1 saturated carbocycles. The second kappa shape index (κ2) is 5.55. The third-order valence-corrected chi connectivity index (χ3v) is 3.69. The van der Waals surface area contributed by atoms with Crippen LogP contribution in [0.5, 0.6) is 0 Å². The molecule has 0 unspecified atom stereocenters. The predicted molar refractivity (Wildman–Crippen MR) is 81.2 cm³/mol. The van der Waals surface area contributed by atoms with Gasteiger partial charge >= 0.3 is 6.03 Å². The van der Waals surface area contributed by atoms with Crippen LogP contribution in [0.1, 0.15) is 17.9 Å². The van der Waals surface area contributed by atoms with Crippen LogP contribution in [-0.4, -0.2) is 12.1 Å². The number of benzene rings is 2. The smallest absolute Gasteiger partial charge is 0.319 e. The lowest BCUT2D eigenvalue weighted by molar-refractivity contribution is 0.251. The number of amides is 2. The van der Waals surface area contributed by atoms with E-state index >= 15 is 0 Å². The summed E-state index contributed by atoms with van der Waals surface area (Å²) in [4.78, 5) is 11.9. The van der Waals surface area contributed by atoms with Crippen molar-refractivity contribution >= 4 is 23.3 Å². The molecule has 4 heteroatoms. The average Bonchev–Trinajstić information content (AvgIpc) is 3.21. The molecule has 3 rings (SSSR count). The minimum Gasteiger partial charge on any atom is -0.334 e. The molecule has 2 atom stereocenters. The van der Waals surface area contributed by atoms with Gasteiger partial charge in [-0.1, -0.05) is 41.9 Å². The van der Waals surface area contributed by atoms with Crippen LogP contribution < -0.4 is 10.6 Å². The molecule has 0 saturated heterocycles. The molecule has 102 valence electrons. The third kappa shape index (κ3) is 3.11. The van der Waals surface area contributed by atoms with Gasteiger partial charge in [-0.3, -0.25) is 0 Å². The van der Waals surface area contributed by atoms with Gasteiger partial charge in [-0.25, -0.2) is 4.79 Å². The predicted octanol–water partition coefficient (Wildman–Crippen LogP) is 4.02. The maximum Gasteiger partial charge on any atom is 0.319 e. The van der Waals surface area contributed by atoms with Gasteiger partial charge in [-0.05, 0) is 36.2 Å². The zero-order valence-corrected chi connectivity index (χ0v) is 11.6. The Bertz CT molecular complexity index is 598. The van der Waals surface area contributed by atoms with Crippen LogP contribution in [0.3, 0.4) is 0 Å². The van der Waals surface area contributed by atoms with Crippen molar-refractivity contribution < 1.29 is 4.79 Å². The fraction of sp³-hybridized carbons (Fsp3) is 0.188. The molecule has 1 aliphatic carbocycles. The molecule has 20 heavy (non-hydrogen) atoms. The Hall–Kier alpha value is -2.00. The molecule has 2 amide bonds. The van der Waals surface area contributed by atoms with Crippen LogP contribution in [0.15, 0.2) is 54.6 Å². The van der Waals surface area contributed by atoms with Crippen molar-refractivity contribution in [1.82, 2.24) is 5.32 Å². The molecule has 1 fully saturated rings. The van der Waals surface area contributed by atoms with E-state index in [4.69, 9.17) is 11.6 Å². The summed E-state index contributed by atoms with van der Waals surface area (Å²) in [6.45, 7) is 0. The van der Waals surface area contributed by atoms with E-state index in [0.717, 1.165) is 12.1 Å². The summed E-state index contributed by atoms with van der Waals surface area (Å²) >= 11 is 5.80. The van der Waals surface area contributed by atoms with Crippen molar-refractivity contribution in [2.45, 2.75) is 18.4 Å². The zero-order valence-electron chi connectivity index (χ0n) is 10.8. The van der Waals surface area contributed by atoms with E-state index in [9.17, 15) is 4.79 Å². The largest absolute Gasteiger partial charge is 0.334 e. The molecule has 0 aliphatic heterocycles.